The molecule has 0 aliphatic carbocycles. The molecule has 1 aliphatic rings. The monoisotopic (exact) mass is 413 g/mol. The average molecular weight is 413 g/mol. The first-order valence-electron chi connectivity index (χ1n) is 10.0. The number of halogens is 1. The van der Waals surface area contributed by atoms with Crippen LogP contribution in [-0.2, 0) is 13.7 Å². The number of hydrogen-bond donors (Lipinski definition) is 0. The summed E-state index contributed by atoms with van der Waals surface area (Å²) in [4.78, 5) is 12.9. The molecule has 1 aromatic heterocycles. The molecular formula is C26H20FNO3. The number of hydrogen-bond acceptors (Lipinski definition) is 3. The third-order valence-electron chi connectivity index (χ3n) is 5.56. The van der Waals surface area contributed by atoms with Gasteiger partial charge in [-0.3, -0.25) is 4.79 Å². The Labute approximate surface area is 179 Å². The van der Waals surface area contributed by atoms with Crippen molar-refractivity contribution in [1.29, 1.82) is 0 Å². The van der Waals surface area contributed by atoms with Crippen LogP contribution in [0.15, 0.2) is 72.6 Å². The van der Waals surface area contributed by atoms with Gasteiger partial charge in [-0.05, 0) is 48.9 Å². The third kappa shape index (κ3) is 3.38. The molecule has 0 unspecified atom stereocenters. The average Bonchev–Trinajstić information content (AvgIpc) is 3.27. The lowest BCUT2D eigenvalue weighted by molar-refractivity contribution is 0.101. The van der Waals surface area contributed by atoms with E-state index in [1.54, 1.807) is 30.3 Å². The maximum Gasteiger partial charge on any atom is 0.231 e. The zero-order valence-electron chi connectivity index (χ0n) is 17.2. The maximum atomic E-state index is 13.1. The summed E-state index contributed by atoms with van der Waals surface area (Å²) in [7, 11) is 1.98. The van der Waals surface area contributed by atoms with Gasteiger partial charge in [0.25, 0.3) is 0 Å². The lowest BCUT2D eigenvalue weighted by Crippen LogP contribution is -1.98. The summed E-state index contributed by atoms with van der Waals surface area (Å²) in [6.45, 7) is 2.17. The topological polar surface area (TPSA) is 40.5 Å². The van der Waals surface area contributed by atoms with E-state index < -0.39 is 0 Å². The third-order valence-corrected chi connectivity index (χ3v) is 5.56. The van der Waals surface area contributed by atoms with Crippen LogP contribution in [0.25, 0.3) is 17.0 Å². The standard InChI is InChI=1S/C26H20FNO3/c1-16-23(30-15-17-7-9-19(27)10-8-17)12-11-21-25(29)24(31-26(16)21)13-18-14-28(2)22-6-4-3-5-20(18)22/h3-14H,15H2,1-2H3/b24-13-. The summed E-state index contributed by atoms with van der Waals surface area (Å²) >= 11 is 0. The van der Waals surface area contributed by atoms with E-state index in [0.29, 0.717) is 29.4 Å². The minimum atomic E-state index is -0.283. The van der Waals surface area contributed by atoms with Gasteiger partial charge in [0.2, 0.25) is 5.78 Å². The number of benzene rings is 3. The van der Waals surface area contributed by atoms with Crippen molar-refractivity contribution in [3.8, 4) is 11.5 Å². The Morgan fingerprint density at radius 1 is 1.06 bits per heavy atom. The fourth-order valence-corrected chi connectivity index (χ4v) is 3.90. The molecule has 0 atom stereocenters. The van der Waals surface area contributed by atoms with Gasteiger partial charge >= 0.3 is 0 Å². The van der Waals surface area contributed by atoms with Gasteiger partial charge in [-0.1, -0.05) is 30.3 Å². The molecule has 1 aliphatic heterocycles. The molecule has 0 spiro atoms. The van der Waals surface area contributed by atoms with Crippen LogP contribution in [0.2, 0.25) is 0 Å². The minimum Gasteiger partial charge on any atom is -0.488 e. The molecule has 0 saturated heterocycles. The molecule has 0 bridgehead atoms. The lowest BCUT2D eigenvalue weighted by atomic mass is 10.1. The second-order valence-corrected chi connectivity index (χ2v) is 7.63. The normalized spacial score (nSPS) is 14.2. The molecule has 0 saturated carbocycles. The highest BCUT2D eigenvalue weighted by molar-refractivity contribution is 6.15. The Balaban J connectivity index is 1.43. The highest BCUT2D eigenvalue weighted by Crippen LogP contribution is 2.40. The molecule has 0 N–H and O–H groups in total. The van der Waals surface area contributed by atoms with Gasteiger partial charge in [0.05, 0.1) is 5.56 Å². The second kappa shape index (κ2) is 7.43. The van der Waals surface area contributed by atoms with Crippen molar-refractivity contribution in [3.63, 3.8) is 0 Å². The van der Waals surface area contributed by atoms with E-state index in [-0.39, 0.29) is 11.6 Å². The van der Waals surface area contributed by atoms with E-state index in [0.717, 1.165) is 27.6 Å². The van der Waals surface area contributed by atoms with Crippen LogP contribution in [0, 0.1) is 12.7 Å². The molecule has 3 aromatic carbocycles. The van der Waals surface area contributed by atoms with E-state index in [1.807, 2.05) is 49.0 Å². The summed E-state index contributed by atoms with van der Waals surface area (Å²) < 4.78 is 27.0. The van der Waals surface area contributed by atoms with Crippen LogP contribution in [0.3, 0.4) is 0 Å². The van der Waals surface area contributed by atoms with Crippen molar-refractivity contribution in [1.82, 2.24) is 4.57 Å². The number of Topliss-reactive ketones (excluding diaryl/α,β-unsaturated/α-hetero) is 1. The van der Waals surface area contributed by atoms with Gasteiger partial charge in [0, 0.05) is 35.3 Å². The zero-order valence-corrected chi connectivity index (χ0v) is 17.2. The van der Waals surface area contributed by atoms with Crippen molar-refractivity contribution in [2.24, 2.45) is 7.05 Å². The fraction of sp³-hybridized carbons (Fsp3) is 0.115. The number of carbonyl (C=O) groups excluding carboxylic acids is 1. The largest absolute Gasteiger partial charge is 0.488 e. The number of ketones is 1. The first-order valence-corrected chi connectivity index (χ1v) is 10.0. The molecule has 4 nitrogen and oxygen atoms in total. The molecule has 154 valence electrons. The van der Waals surface area contributed by atoms with Crippen LogP contribution < -0.4 is 9.47 Å². The highest BCUT2D eigenvalue weighted by atomic mass is 19.1. The number of fused-ring (bicyclic) bond motifs is 2. The van der Waals surface area contributed by atoms with Crippen LogP contribution >= 0.6 is 0 Å². The van der Waals surface area contributed by atoms with Gasteiger partial charge in [0.15, 0.2) is 5.76 Å². The summed E-state index contributed by atoms with van der Waals surface area (Å²) in [5.74, 6) is 1.02. The predicted molar refractivity (Wildman–Crippen MR) is 118 cm³/mol. The second-order valence-electron chi connectivity index (χ2n) is 7.63. The number of allylic oxidation sites excluding steroid dienone is 1. The smallest absolute Gasteiger partial charge is 0.231 e. The molecule has 5 rings (SSSR count). The van der Waals surface area contributed by atoms with Crippen LogP contribution in [0.5, 0.6) is 11.5 Å². The van der Waals surface area contributed by atoms with Crippen molar-refractivity contribution in [2.45, 2.75) is 13.5 Å². The van der Waals surface area contributed by atoms with Crippen molar-refractivity contribution in [2.75, 3.05) is 0 Å². The summed E-state index contributed by atoms with van der Waals surface area (Å²) in [5.41, 5.74) is 4.16. The summed E-state index contributed by atoms with van der Waals surface area (Å²) in [6.07, 6.45) is 3.78. The van der Waals surface area contributed by atoms with Crippen LogP contribution in [0.4, 0.5) is 4.39 Å². The van der Waals surface area contributed by atoms with Crippen molar-refractivity contribution < 1.29 is 18.7 Å². The molecule has 4 aromatic rings. The predicted octanol–water partition coefficient (Wildman–Crippen LogP) is 5.82. The van der Waals surface area contributed by atoms with Gasteiger partial charge in [0.1, 0.15) is 23.9 Å². The number of rotatable bonds is 4. The van der Waals surface area contributed by atoms with Crippen LogP contribution in [0.1, 0.15) is 27.0 Å². The Kier molecular flexibility index (Phi) is 4.59. The van der Waals surface area contributed by atoms with Gasteiger partial charge < -0.3 is 14.0 Å². The van der Waals surface area contributed by atoms with Crippen molar-refractivity contribution in [3.05, 3.63) is 101 Å². The molecule has 31 heavy (non-hydrogen) atoms. The SMILES string of the molecule is Cc1c(OCc2ccc(F)cc2)ccc2c1O/C(=C\c1cn(C)c3ccccc13)C2=O. The Morgan fingerprint density at radius 3 is 2.65 bits per heavy atom. The molecule has 5 heteroatoms. The number of aromatic nitrogens is 1. The van der Waals surface area contributed by atoms with E-state index in [2.05, 4.69) is 0 Å². The molecule has 0 amide bonds. The highest BCUT2D eigenvalue weighted by Gasteiger charge is 2.30. The Hall–Kier alpha value is -3.86. The first kappa shape index (κ1) is 19.1. The Morgan fingerprint density at radius 2 is 1.84 bits per heavy atom. The molecule has 0 fully saturated rings. The minimum absolute atomic E-state index is 0.142. The van der Waals surface area contributed by atoms with E-state index >= 15 is 0 Å². The van der Waals surface area contributed by atoms with E-state index in [1.165, 1.54) is 12.1 Å². The number of aryl methyl sites for hydroxylation is 1. The number of para-hydroxylation sites is 1. The van der Waals surface area contributed by atoms with Crippen LogP contribution in [-0.4, -0.2) is 10.4 Å². The number of carbonyl (C=O) groups is 1. The lowest BCUT2D eigenvalue weighted by Gasteiger charge is -2.11. The quantitative estimate of drug-likeness (QED) is 0.396. The summed E-state index contributed by atoms with van der Waals surface area (Å²) in [6, 6.07) is 17.7. The molecular weight excluding hydrogens is 393 g/mol. The number of nitrogens with zero attached hydrogens (tertiary/aromatic N) is 1. The Bertz CT molecular complexity index is 1350. The zero-order chi connectivity index (χ0) is 21.5. The van der Waals surface area contributed by atoms with Crippen molar-refractivity contribution >= 4 is 22.8 Å². The van der Waals surface area contributed by atoms with Gasteiger partial charge in [-0.25, -0.2) is 4.39 Å². The van der Waals surface area contributed by atoms with Gasteiger partial charge in [-0.2, -0.15) is 0 Å². The van der Waals surface area contributed by atoms with E-state index in [4.69, 9.17) is 9.47 Å². The summed E-state index contributed by atoms with van der Waals surface area (Å²) in [5, 5.41) is 1.06. The van der Waals surface area contributed by atoms with E-state index in [9.17, 15) is 9.18 Å². The first-order chi connectivity index (χ1) is 15.0. The number of ether oxygens (including phenoxy) is 2. The van der Waals surface area contributed by atoms with Gasteiger partial charge in [-0.15, -0.1) is 0 Å². The maximum absolute atomic E-state index is 13.1. The fourth-order valence-electron chi connectivity index (χ4n) is 3.90. The molecule has 2 heterocycles. The molecule has 0 radical (unpaired) electrons.